The third-order valence-electron chi connectivity index (χ3n) is 10.7. The molecule has 0 saturated carbocycles. The molecule has 0 saturated heterocycles. The molecule has 0 heterocycles. The smallest absolute Gasteiger partial charge is 0.306 e. The van der Waals surface area contributed by atoms with Crippen molar-refractivity contribution < 1.29 is 24.2 Å². The molecule has 0 aromatic heterocycles. The van der Waals surface area contributed by atoms with E-state index in [1.165, 1.54) is 116 Å². The fraction of sp³-hybridized carbons (Fsp3) is 0.870. The molecule has 0 bridgehead atoms. The molecule has 0 aromatic rings. The Morgan fingerprint density at radius 1 is 0.528 bits per heavy atom. The summed E-state index contributed by atoms with van der Waals surface area (Å²) in [4.78, 5) is 25.7. The van der Waals surface area contributed by atoms with Crippen LogP contribution < -0.4 is 5.73 Å². The van der Waals surface area contributed by atoms with E-state index >= 15 is 0 Å². The van der Waals surface area contributed by atoms with E-state index in [2.05, 4.69) is 38.2 Å². The lowest BCUT2D eigenvalue weighted by molar-refractivity contribution is -0.180. The molecule has 0 aliphatic carbocycles. The van der Waals surface area contributed by atoms with Crippen LogP contribution in [0.5, 0.6) is 0 Å². The van der Waals surface area contributed by atoms with Crippen LogP contribution in [0.2, 0.25) is 0 Å². The van der Waals surface area contributed by atoms with Gasteiger partial charge in [0.05, 0.1) is 5.54 Å². The minimum Gasteiger partial charge on any atom is -0.461 e. The van der Waals surface area contributed by atoms with E-state index in [1.54, 1.807) is 0 Å². The third-order valence-corrected chi connectivity index (χ3v) is 10.7. The molecular formula is C46H88BrNO5. The Bertz CT molecular complexity index is 876. The molecule has 0 aliphatic rings. The first kappa shape index (κ1) is 53.9. The third kappa shape index (κ3) is 33.8. The summed E-state index contributed by atoms with van der Waals surface area (Å²) >= 11 is 0. The molecular weight excluding hydrogens is 726 g/mol. The van der Waals surface area contributed by atoms with Crippen LogP contribution in [0.25, 0.3) is 0 Å². The summed E-state index contributed by atoms with van der Waals surface area (Å²) in [5.41, 5.74) is 4.80. The largest absolute Gasteiger partial charge is 0.461 e. The number of ether oxygens (including phenoxy) is 2. The van der Waals surface area contributed by atoms with Crippen LogP contribution >= 0.6 is 17.0 Å². The number of hydrogen-bond acceptors (Lipinski definition) is 6. The summed E-state index contributed by atoms with van der Waals surface area (Å²) < 4.78 is 11.8. The summed E-state index contributed by atoms with van der Waals surface area (Å²) in [6, 6.07) is 0. The van der Waals surface area contributed by atoms with Crippen LogP contribution in [-0.2, 0) is 19.1 Å². The maximum Gasteiger partial charge on any atom is 0.306 e. The van der Waals surface area contributed by atoms with E-state index < -0.39 is 11.1 Å². The molecule has 3 N–H and O–H groups in total. The van der Waals surface area contributed by atoms with Crippen molar-refractivity contribution in [2.45, 2.75) is 244 Å². The number of esters is 2. The van der Waals surface area contributed by atoms with Crippen LogP contribution in [0, 0.1) is 0 Å². The highest BCUT2D eigenvalue weighted by Gasteiger charge is 2.46. The standard InChI is InChI=1S/C46H87NO5.BrH/c1-5-7-9-11-13-15-17-19-21-23-25-27-29-31-34-38-43(49)51-42-46(4,45(3,47)40-36-33-37-41-48)52-44(50)39-35-32-30-28-26-24-22-20-18-16-14-12-10-8-6-2;/h19-22,48H,5-18,23-42,47H2,1-4H3;1H/b21-19-,22-20-;. The van der Waals surface area contributed by atoms with Crippen molar-refractivity contribution in [2.24, 2.45) is 5.73 Å². The van der Waals surface area contributed by atoms with E-state index in [1.807, 2.05) is 13.8 Å². The lowest BCUT2D eigenvalue weighted by Gasteiger charge is -2.42. The number of carbonyl (C=O) groups excluding carboxylic acids is 2. The number of rotatable bonds is 39. The van der Waals surface area contributed by atoms with Crippen molar-refractivity contribution in [3.05, 3.63) is 24.3 Å². The summed E-state index contributed by atoms with van der Waals surface area (Å²) in [5.74, 6) is -0.534. The Hall–Kier alpha value is -1.18. The number of allylic oxidation sites excluding steroid dienone is 4. The van der Waals surface area contributed by atoms with Crippen LogP contribution in [0.1, 0.15) is 233 Å². The van der Waals surface area contributed by atoms with Crippen molar-refractivity contribution in [3.8, 4) is 0 Å². The fourth-order valence-corrected chi connectivity index (χ4v) is 6.63. The predicted molar refractivity (Wildman–Crippen MR) is 233 cm³/mol. The van der Waals surface area contributed by atoms with Crippen LogP contribution in [0.15, 0.2) is 24.3 Å². The van der Waals surface area contributed by atoms with Gasteiger partial charge in [0.2, 0.25) is 0 Å². The van der Waals surface area contributed by atoms with Crippen molar-refractivity contribution >= 4 is 28.9 Å². The van der Waals surface area contributed by atoms with Crippen molar-refractivity contribution in [1.82, 2.24) is 0 Å². The first-order valence-corrected chi connectivity index (χ1v) is 22.3. The molecule has 0 radical (unpaired) electrons. The molecule has 0 aromatic carbocycles. The minimum absolute atomic E-state index is 0. The van der Waals surface area contributed by atoms with Gasteiger partial charge in [0.25, 0.3) is 0 Å². The highest BCUT2D eigenvalue weighted by molar-refractivity contribution is 8.93. The number of hydrogen-bond donors (Lipinski definition) is 2. The molecule has 0 rings (SSSR count). The number of nitrogens with two attached hydrogens (primary N) is 1. The second-order valence-corrected chi connectivity index (χ2v) is 16.0. The highest BCUT2D eigenvalue weighted by Crippen LogP contribution is 2.31. The predicted octanol–water partition coefficient (Wildman–Crippen LogP) is 13.8. The molecule has 6 nitrogen and oxygen atoms in total. The SMILES string of the molecule is Br.CCCCCCCC/C=C\CCCCCCCC(=O)OCC(C)(OC(=O)CCCCCCC/C=C\CCCCCCCC)C(C)(N)CCCCCO. The van der Waals surface area contributed by atoms with Gasteiger partial charge < -0.3 is 20.3 Å². The first-order valence-electron chi connectivity index (χ1n) is 22.3. The van der Waals surface area contributed by atoms with Gasteiger partial charge in [-0.15, -0.1) is 17.0 Å². The molecule has 2 atom stereocenters. The maximum atomic E-state index is 13.0. The molecule has 7 heteroatoms. The van der Waals surface area contributed by atoms with E-state index in [9.17, 15) is 14.7 Å². The summed E-state index contributed by atoms with van der Waals surface area (Å²) in [5, 5.41) is 9.19. The molecule has 0 aliphatic heterocycles. The zero-order valence-corrected chi connectivity index (χ0v) is 37.1. The molecule has 0 amide bonds. The summed E-state index contributed by atoms with van der Waals surface area (Å²) in [6.07, 6.45) is 44.5. The van der Waals surface area contributed by atoms with E-state index in [0.29, 0.717) is 25.7 Å². The van der Waals surface area contributed by atoms with E-state index in [0.717, 1.165) is 64.2 Å². The number of aliphatic hydroxyl groups is 1. The Labute approximate surface area is 339 Å². The zero-order chi connectivity index (χ0) is 38.4. The van der Waals surface area contributed by atoms with Gasteiger partial charge in [0.1, 0.15) is 6.61 Å². The van der Waals surface area contributed by atoms with Gasteiger partial charge in [-0.05, 0) is 90.9 Å². The number of aliphatic hydroxyl groups excluding tert-OH is 1. The summed E-state index contributed by atoms with van der Waals surface area (Å²) in [7, 11) is 0. The van der Waals surface area contributed by atoms with Gasteiger partial charge in [-0.25, -0.2) is 0 Å². The monoisotopic (exact) mass is 814 g/mol. The molecule has 314 valence electrons. The minimum atomic E-state index is -1.12. The molecule has 0 spiro atoms. The number of unbranched alkanes of at least 4 members (excludes halogenated alkanes) is 24. The first-order chi connectivity index (χ1) is 25.2. The summed E-state index contributed by atoms with van der Waals surface area (Å²) in [6.45, 7) is 8.33. The lowest BCUT2D eigenvalue weighted by Crippen LogP contribution is -2.61. The highest BCUT2D eigenvalue weighted by atomic mass is 79.9. The van der Waals surface area contributed by atoms with Gasteiger partial charge >= 0.3 is 11.9 Å². The van der Waals surface area contributed by atoms with Gasteiger partial charge in [-0.3, -0.25) is 9.59 Å². The normalized spacial score (nSPS) is 13.9. The van der Waals surface area contributed by atoms with Gasteiger partial charge in [-0.1, -0.05) is 154 Å². The van der Waals surface area contributed by atoms with Crippen LogP contribution in [0.4, 0.5) is 0 Å². The fourth-order valence-electron chi connectivity index (χ4n) is 6.63. The van der Waals surface area contributed by atoms with Gasteiger partial charge in [-0.2, -0.15) is 0 Å². The Morgan fingerprint density at radius 3 is 1.30 bits per heavy atom. The van der Waals surface area contributed by atoms with Crippen LogP contribution in [-0.4, -0.2) is 41.4 Å². The second kappa shape index (κ2) is 39.1. The topological polar surface area (TPSA) is 98.9 Å². The van der Waals surface area contributed by atoms with Crippen molar-refractivity contribution in [3.63, 3.8) is 0 Å². The Balaban J connectivity index is 0. The molecule has 2 unspecified atom stereocenters. The second-order valence-electron chi connectivity index (χ2n) is 16.0. The van der Waals surface area contributed by atoms with Crippen molar-refractivity contribution in [1.29, 1.82) is 0 Å². The molecule has 53 heavy (non-hydrogen) atoms. The maximum absolute atomic E-state index is 13.0. The Morgan fingerprint density at radius 2 is 0.887 bits per heavy atom. The van der Waals surface area contributed by atoms with Crippen molar-refractivity contribution in [2.75, 3.05) is 13.2 Å². The zero-order valence-electron chi connectivity index (χ0n) is 35.4. The average Bonchev–Trinajstić information content (AvgIpc) is 3.12. The quantitative estimate of drug-likeness (QED) is 0.0364. The number of carbonyl (C=O) groups is 2. The Kier molecular flexibility index (Phi) is 39.7. The van der Waals surface area contributed by atoms with Gasteiger partial charge in [0, 0.05) is 19.4 Å². The van der Waals surface area contributed by atoms with E-state index in [-0.39, 0.29) is 42.1 Å². The average molecular weight is 815 g/mol. The molecule has 0 fully saturated rings. The van der Waals surface area contributed by atoms with Crippen LogP contribution in [0.3, 0.4) is 0 Å². The number of halogens is 1. The van der Waals surface area contributed by atoms with Gasteiger partial charge in [0.15, 0.2) is 5.60 Å². The lowest BCUT2D eigenvalue weighted by atomic mass is 9.79. The van der Waals surface area contributed by atoms with E-state index in [4.69, 9.17) is 15.2 Å².